The Morgan fingerprint density at radius 3 is 2.79 bits per heavy atom. The highest BCUT2D eigenvalue weighted by Crippen LogP contribution is 2.31. The smallest absolute Gasteiger partial charge is 0.0767 e. The molecule has 4 nitrogen and oxygen atoms in total. The molecule has 0 aliphatic rings. The van der Waals surface area contributed by atoms with Crippen molar-refractivity contribution in [3.05, 3.63) is 41.2 Å². The van der Waals surface area contributed by atoms with Gasteiger partial charge in [0.25, 0.3) is 0 Å². The molecule has 19 heavy (non-hydrogen) atoms. The molecule has 0 saturated carbocycles. The molecule has 0 aliphatic heterocycles. The highest BCUT2D eigenvalue weighted by atomic mass is 35.5. The average molecular weight is 279 g/mol. The lowest BCUT2D eigenvalue weighted by atomic mass is 10.2. The van der Waals surface area contributed by atoms with Crippen LogP contribution in [0.4, 0.5) is 11.4 Å². The van der Waals surface area contributed by atoms with Crippen LogP contribution in [0.2, 0.25) is 5.02 Å². The predicted molar refractivity (Wildman–Crippen MR) is 80.7 cm³/mol. The van der Waals surface area contributed by atoms with Crippen molar-refractivity contribution in [3.63, 3.8) is 0 Å². The van der Waals surface area contributed by atoms with Gasteiger partial charge in [-0.1, -0.05) is 17.7 Å². The van der Waals surface area contributed by atoms with Crippen LogP contribution < -0.4 is 10.6 Å². The van der Waals surface area contributed by atoms with E-state index in [0.717, 1.165) is 28.5 Å². The number of nitrogens with one attached hydrogen (secondary N) is 2. The van der Waals surface area contributed by atoms with Gasteiger partial charge in [0.1, 0.15) is 0 Å². The topological polar surface area (TPSA) is 41.9 Å². The molecular weight excluding hydrogens is 260 g/mol. The van der Waals surface area contributed by atoms with E-state index in [-0.39, 0.29) is 0 Å². The van der Waals surface area contributed by atoms with E-state index in [4.69, 9.17) is 11.6 Å². The number of anilines is 2. The Bertz CT molecular complexity index is 548. The SMILES string of the molecule is CC(C)Nc1c(Cl)cccc1NCc1cnn(C)c1. The molecule has 0 atom stereocenters. The first kappa shape index (κ1) is 13.7. The highest BCUT2D eigenvalue weighted by Gasteiger charge is 2.08. The highest BCUT2D eigenvalue weighted by molar-refractivity contribution is 6.34. The van der Waals surface area contributed by atoms with Gasteiger partial charge in [0.2, 0.25) is 0 Å². The van der Waals surface area contributed by atoms with Gasteiger partial charge in [0.05, 0.1) is 22.6 Å². The number of aryl methyl sites for hydroxylation is 1. The summed E-state index contributed by atoms with van der Waals surface area (Å²) in [6.07, 6.45) is 3.85. The second kappa shape index (κ2) is 5.97. The van der Waals surface area contributed by atoms with Crippen molar-refractivity contribution >= 4 is 23.0 Å². The van der Waals surface area contributed by atoms with Crippen LogP contribution in [0.25, 0.3) is 0 Å². The van der Waals surface area contributed by atoms with Crippen molar-refractivity contribution in [2.45, 2.75) is 26.4 Å². The van der Waals surface area contributed by atoms with Crippen molar-refractivity contribution in [1.82, 2.24) is 9.78 Å². The predicted octanol–water partition coefficient (Wildman–Crippen LogP) is 3.51. The van der Waals surface area contributed by atoms with Crippen molar-refractivity contribution in [3.8, 4) is 0 Å². The van der Waals surface area contributed by atoms with E-state index < -0.39 is 0 Å². The summed E-state index contributed by atoms with van der Waals surface area (Å²) in [5.74, 6) is 0. The Morgan fingerprint density at radius 1 is 1.37 bits per heavy atom. The minimum Gasteiger partial charge on any atom is -0.380 e. The van der Waals surface area contributed by atoms with Crippen LogP contribution in [0.5, 0.6) is 0 Å². The van der Waals surface area contributed by atoms with Crippen LogP contribution in [0.3, 0.4) is 0 Å². The lowest BCUT2D eigenvalue weighted by Crippen LogP contribution is -2.12. The Labute approximate surface area is 118 Å². The lowest BCUT2D eigenvalue weighted by molar-refractivity contribution is 0.767. The Hall–Kier alpha value is -1.68. The van der Waals surface area contributed by atoms with E-state index in [1.165, 1.54) is 0 Å². The van der Waals surface area contributed by atoms with Crippen LogP contribution in [-0.4, -0.2) is 15.8 Å². The molecular formula is C14H19ClN4. The fraction of sp³-hybridized carbons (Fsp3) is 0.357. The number of aromatic nitrogens is 2. The van der Waals surface area contributed by atoms with Gasteiger partial charge >= 0.3 is 0 Å². The lowest BCUT2D eigenvalue weighted by Gasteiger charge is -2.17. The van der Waals surface area contributed by atoms with Gasteiger partial charge in [-0.25, -0.2) is 0 Å². The number of halogens is 1. The number of nitrogens with zero attached hydrogens (tertiary/aromatic N) is 2. The second-order valence-electron chi connectivity index (χ2n) is 4.84. The summed E-state index contributed by atoms with van der Waals surface area (Å²) in [7, 11) is 1.91. The second-order valence-corrected chi connectivity index (χ2v) is 5.24. The van der Waals surface area contributed by atoms with Gasteiger partial charge in [-0.15, -0.1) is 0 Å². The fourth-order valence-corrected chi connectivity index (χ4v) is 2.10. The molecule has 0 radical (unpaired) electrons. The first-order valence-corrected chi connectivity index (χ1v) is 6.70. The molecule has 0 aliphatic carbocycles. The van der Waals surface area contributed by atoms with Gasteiger partial charge in [0, 0.05) is 31.4 Å². The first-order valence-electron chi connectivity index (χ1n) is 6.32. The van der Waals surface area contributed by atoms with Crippen LogP contribution in [0.1, 0.15) is 19.4 Å². The molecule has 0 amide bonds. The van der Waals surface area contributed by atoms with Gasteiger partial charge in [-0.3, -0.25) is 4.68 Å². The molecule has 0 saturated heterocycles. The summed E-state index contributed by atoms with van der Waals surface area (Å²) in [6.45, 7) is 4.91. The van der Waals surface area contributed by atoms with Crippen LogP contribution >= 0.6 is 11.6 Å². The largest absolute Gasteiger partial charge is 0.380 e. The standard InChI is InChI=1S/C14H19ClN4/c1-10(2)18-14-12(15)5-4-6-13(14)16-7-11-8-17-19(3)9-11/h4-6,8-10,16,18H,7H2,1-3H3. The molecule has 1 aromatic heterocycles. The summed E-state index contributed by atoms with van der Waals surface area (Å²) in [5.41, 5.74) is 3.09. The quantitative estimate of drug-likeness (QED) is 0.879. The maximum atomic E-state index is 6.24. The number of benzene rings is 1. The van der Waals surface area contributed by atoms with Crippen molar-refractivity contribution in [1.29, 1.82) is 0 Å². The third-order valence-electron chi connectivity index (χ3n) is 2.69. The Kier molecular flexibility index (Phi) is 4.32. The number of hydrogen-bond acceptors (Lipinski definition) is 3. The summed E-state index contributed by atoms with van der Waals surface area (Å²) in [6, 6.07) is 6.19. The van der Waals surface area contributed by atoms with Gasteiger partial charge in [-0.2, -0.15) is 5.10 Å². The average Bonchev–Trinajstić information content (AvgIpc) is 2.75. The van der Waals surface area contributed by atoms with Crippen molar-refractivity contribution in [2.75, 3.05) is 10.6 Å². The molecule has 1 aromatic carbocycles. The molecule has 102 valence electrons. The van der Waals surface area contributed by atoms with Crippen molar-refractivity contribution < 1.29 is 0 Å². The zero-order chi connectivity index (χ0) is 13.8. The molecule has 0 unspecified atom stereocenters. The molecule has 5 heteroatoms. The maximum absolute atomic E-state index is 6.24. The maximum Gasteiger partial charge on any atom is 0.0767 e. The van der Waals surface area contributed by atoms with E-state index in [1.807, 2.05) is 37.6 Å². The fourth-order valence-electron chi connectivity index (χ4n) is 1.87. The van der Waals surface area contributed by atoms with Crippen LogP contribution in [0.15, 0.2) is 30.6 Å². The number of rotatable bonds is 5. The molecule has 0 bridgehead atoms. The summed E-state index contributed by atoms with van der Waals surface area (Å²) < 4.78 is 1.79. The zero-order valence-electron chi connectivity index (χ0n) is 11.4. The minimum atomic E-state index is 0.332. The summed E-state index contributed by atoms with van der Waals surface area (Å²) in [4.78, 5) is 0. The van der Waals surface area contributed by atoms with Gasteiger partial charge < -0.3 is 10.6 Å². The summed E-state index contributed by atoms with van der Waals surface area (Å²) in [5, 5.41) is 11.6. The molecule has 0 spiro atoms. The molecule has 0 fully saturated rings. The van der Waals surface area contributed by atoms with E-state index >= 15 is 0 Å². The number of para-hydroxylation sites is 1. The normalized spacial score (nSPS) is 10.8. The van der Waals surface area contributed by atoms with E-state index in [2.05, 4.69) is 29.6 Å². The van der Waals surface area contributed by atoms with Crippen LogP contribution in [-0.2, 0) is 13.6 Å². The van der Waals surface area contributed by atoms with Gasteiger partial charge in [-0.05, 0) is 26.0 Å². The zero-order valence-corrected chi connectivity index (χ0v) is 12.2. The van der Waals surface area contributed by atoms with Crippen LogP contribution in [0, 0.1) is 0 Å². The van der Waals surface area contributed by atoms with Crippen molar-refractivity contribution in [2.24, 2.45) is 7.05 Å². The first-order chi connectivity index (χ1) is 9.06. The molecule has 2 N–H and O–H groups in total. The molecule has 1 heterocycles. The minimum absolute atomic E-state index is 0.332. The molecule has 2 aromatic rings. The monoisotopic (exact) mass is 278 g/mol. The number of hydrogen-bond donors (Lipinski definition) is 2. The van der Waals surface area contributed by atoms with E-state index in [9.17, 15) is 0 Å². The molecule has 2 rings (SSSR count). The summed E-state index contributed by atoms with van der Waals surface area (Å²) >= 11 is 6.24. The Morgan fingerprint density at radius 2 is 2.16 bits per heavy atom. The Balaban J connectivity index is 2.13. The van der Waals surface area contributed by atoms with E-state index in [0.29, 0.717) is 6.04 Å². The third-order valence-corrected chi connectivity index (χ3v) is 3.00. The third kappa shape index (κ3) is 3.64. The van der Waals surface area contributed by atoms with Gasteiger partial charge in [0.15, 0.2) is 0 Å². The van der Waals surface area contributed by atoms with E-state index in [1.54, 1.807) is 4.68 Å².